The Kier molecular flexibility index (Phi) is 4.56. The van der Waals surface area contributed by atoms with Gasteiger partial charge in [-0.05, 0) is 49.9 Å². The van der Waals surface area contributed by atoms with Crippen LogP contribution in [0.25, 0.3) is 10.1 Å². The van der Waals surface area contributed by atoms with Gasteiger partial charge in [0, 0.05) is 24.2 Å². The third-order valence-electron chi connectivity index (χ3n) is 4.07. The van der Waals surface area contributed by atoms with Gasteiger partial charge in [0.2, 0.25) is 0 Å². The summed E-state index contributed by atoms with van der Waals surface area (Å²) in [6, 6.07) is 0. The summed E-state index contributed by atoms with van der Waals surface area (Å²) in [5, 5.41) is 1.06. The van der Waals surface area contributed by atoms with Gasteiger partial charge in [-0.3, -0.25) is 0 Å². The average Bonchev–Trinajstić information content (AvgIpc) is 2.87. The van der Waals surface area contributed by atoms with Crippen LogP contribution in [-0.2, 0) is 4.74 Å². The average molecular weight is 318 g/mol. The lowest BCUT2D eigenvalue weighted by Gasteiger charge is -2.11. The van der Waals surface area contributed by atoms with E-state index < -0.39 is 0 Å². The molecule has 5 heteroatoms. The Morgan fingerprint density at radius 1 is 1.09 bits per heavy atom. The van der Waals surface area contributed by atoms with Gasteiger partial charge < -0.3 is 9.64 Å². The first-order valence-electron chi connectivity index (χ1n) is 7.11. The van der Waals surface area contributed by atoms with Gasteiger partial charge >= 0.3 is 5.97 Å². The fourth-order valence-electron chi connectivity index (χ4n) is 2.48. The van der Waals surface area contributed by atoms with Crippen LogP contribution in [0, 0.1) is 27.7 Å². The molecule has 2 aromatic rings. The maximum atomic E-state index is 12.1. The Bertz CT molecular complexity index is 773. The molecule has 0 N–H and O–H groups in total. The number of thiophene rings is 1. The first-order valence-corrected chi connectivity index (χ1v) is 7.93. The normalized spacial score (nSPS) is 11.4. The molecule has 0 spiro atoms. The first-order chi connectivity index (χ1) is 10.3. The highest BCUT2D eigenvalue weighted by molar-refractivity contribution is 7.21. The molecule has 2 rings (SSSR count). The highest BCUT2D eigenvalue weighted by Gasteiger charge is 2.23. The van der Waals surface area contributed by atoms with Gasteiger partial charge in [0.1, 0.15) is 4.88 Å². The van der Waals surface area contributed by atoms with Crippen molar-refractivity contribution in [3.05, 3.63) is 27.1 Å². The van der Waals surface area contributed by atoms with E-state index in [4.69, 9.17) is 4.74 Å². The molecule has 0 saturated carbocycles. The zero-order chi connectivity index (χ0) is 16.6. The van der Waals surface area contributed by atoms with Crippen molar-refractivity contribution in [1.29, 1.82) is 0 Å². The molecular formula is C17H22N2O2S. The quantitative estimate of drug-likeness (QED) is 0.485. The van der Waals surface area contributed by atoms with Crippen LogP contribution in [0.15, 0.2) is 4.99 Å². The van der Waals surface area contributed by atoms with Crippen molar-refractivity contribution in [3.63, 3.8) is 0 Å². The molecular weight excluding hydrogens is 296 g/mol. The monoisotopic (exact) mass is 318 g/mol. The van der Waals surface area contributed by atoms with E-state index in [1.54, 1.807) is 6.34 Å². The van der Waals surface area contributed by atoms with Crippen LogP contribution >= 0.6 is 11.3 Å². The van der Waals surface area contributed by atoms with Gasteiger partial charge in [-0.25, -0.2) is 9.79 Å². The van der Waals surface area contributed by atoms with E-state index >= 15 is 0 Å². The second kappa shape index (κ2) is 6.08. The molecule has 118 valence electrons. The Labute approximate surface area is 135 Å². The van der Waals surface area contributed by atoms with Crippen molar-refractivity contribution >= 4 is 39.4 Å². The molecule has 0 amide bonds. The number of hydrogen-bond donors (Lipinski definition) is 0. The number of methoxy groups -OCH3 is 1. The smallest absolute Gasteiger partial charge is 0.350 e. The number of ether oxygens (including phenoxy) is 1. The minimum absolute atomic E-state index is 0.332. The summed E-state index contributed by atoms with van der Waals surface area (Å²) >= 11 is 1.47. The van der Waals surface area contributed by atoms with Crippen LogP contribution < -0.4 is 0 Å². The summed E-state index contributed by atoms with van der Waals surface area (Å²) in [6.07, 6.45) is 1.72. The number of carbonyl (C=O) groups excluding carboxylic acids is 1. The molecule has 0 aliphatic rings. The van der Waals surface area contributed by atoms with Crippen molar-refractivity contribution in [3.8, 4) is 0 Å². The zero-order valence-corrected chi connectivity index (χ0v) is 15.0. The molecule has 1 heterocycles. The molecule has 0 aliphatic heterocycles. The van der Waals surface area contributed by atoms with Crippen LogP contribution in [0.3, 0.4) is 0 Å². The number of hydrogen-bond acceptors (Lipinski definition) is 4. The van der Waals surface area contributed by atoms with Crippen LogP contribution in [0.5, 0.6) is 0 Å². The van der Waals surface area contributed by atoms with Gasteiger partial charge in [-0.15, -0.1) is 11.3 Å². The third-order valence-corrected chi connectivity index (χ3v) is 5.35. The van der Waals surface area contributed by atoms with Crippen molar-refractivity contribution in [2.45, 2.75) is 27.7 Å². The van der Waals surface area contributed by atoms with E-state index in [2.05, 4.69) is 32.7 Å². The van der Waals surface area contributed by atoms with E-state index in [0.717, 1.165) is 10.1 Å². The van der Waals surface area contributed by atoms with E-state index in [-0.39, 0.29) is 5.97 Å². The summed E-state index contributed by atoms with van der Waals surface area (Å²) in [4.78, 5) is 19.1. The van der Waals surface area contributed by atoms with Gasteiger partial charge in [-0.2, -0.15) is 0 Å². The van der Waals surface area contributed by atoms with Crippen LogP contribution in [-0.4, -0.2) is 38.4 Å². The highest BCUT2D eigenvalue weighted by atomic mass is 32.1. The van der Waals surface area contributed by atoms with Crippen molar-refractivity contribution in [2.24, 2.45) is 4.99 Å². The van der Waals surface area contributed by atoms with Crippen LogP contribution in [0.2, 0.25) is 0 Å². The molecule has 0 bridgehead atoms. The fourth-order valence-corrected chi connectivity index (χ4v) is 3.76. The van der Waals surface area contributed by atoms with Crippen molar-refractivity contribution in [1.82, 2.24) is 4.90 Å². The predicted octanol–water partition coefficient (Wildman–Crippen LogP) is 4.14. The predicted molar refractivity (Wildman–Crippen MR) is 94.0 cm³/mol. The molecule has 1 aromatic heterocycles. The molecule has 0 aliphatic carbocycles. The molecule has 1 aromatic carbocycles. The van der Waals surface area contributed by atoms with E-state index in [1.807, 2.05) is 19.0 Å². The SMILES string of the molecule is COC(=O)c1sc2c(C)c(C)c(C)c(C)c2c1N=CN(C)C. The molecule has 0 saturated heterocycles. The second-order valence-electron chi connectivity index (χ2n) is 5.68. The Hall–Kier alpha value is -1.88. The molecule has 0 fully saturated rings. The van der Waals surface area contributed by atoms with Gasteiger partial charge in [0.25, 0.3) is 0 Å². The number of fused-ring (bicyclic) bond motifs is 1. The number of benzene rings is 1. The van der Waals surface area contributed by atoms with Crippen molar-refractivity contribution < 1.29 is 9.53 Å². The summed E-state index contributed by atoms with van der Waals surface area (Å²) in [5.41, 5.74) is 5.62. The van der Waals surface area contributed by atoms with E-state index in [9.17, 15) is 4.79 Å². The summed E-state index contributed by atoms with van der Waals surface area (Å²) in [7, 11) is 5.22. The molecule has 0 atom stereocenters. The number of aryl methyl sites for hydroxylation is 2. The maximum Gasteiger partial charge on any atom is 0.350 e. The maximum absolute atomic E-state index is 12.1. The number of carbonyl (C=O) groups is 1. The minimum Gasteiger partial charge on any atom is -0.465 e. The Balaban J connectivity index is 2.91. The minimum atomic E-state index is -0.332. The lowest BCUT2D eigenvalue weighted by Crippen LogP contribution is -2.07. The Morgan fingerprint density at radius 3 is 2.23 bits per heavy atom. The second-order valence-corrected chi connectivity index (χ2v) is 6.70. The molecule has 0 radical (unpaired) electrons. The summed E-state index contributed by atoms with van der Waals surface area (Å²) in [6.45, 7) is 8.43. The fraction of sp³-hybridized carbons (Fsp3) is 0.412. The van der Waals surface area contributed by atoms with Crippen LogP contribution in [0.1, 0.15) is 31.9 Å². The first kappa shape index (κ1) is 16.5. The highest BCUT2D eigenvalue weighted by Crippen LogP contribution is 2.44. The molecule has 22 heavy (non-hydrogen) atoms. The zero-order valence-electron chi connectivity index (χ0n) is 14.2. The molecule has 4 nitrogen and oxygen atoms in total. The largest absolute Gasteiger partial charge is 0.465 e. The number of aliphatic imine (C=N–C) groups is 1. The summed E-state index contributed by atoms with van der Waals surface area (Å²) in [5.74, 6) is -0.332. The van der Waals surface area contributed by atoms with Gasteiger partial charge in [0.05, 0.1) is 19.1 Å². The van der Waals surface area contributed by atoms with Crippen molar-refractivity contribution in [2.75, 3.05) is 21.2 Å². The standard InChI is InChI=1S/C17H22N2O2S/c1-9-10(2)12(4)15-13(11(9)3)14(18-8-19(5)6)16(22-15)17(20)21-7/h8H,1-7H3. The summed E-state index contributed by atoms with van der Waals surface area (Å²) < 4.78 is 6.06. The van der Waals surface area contributed by atoms with Crippen LogP contribution in [0.4, 0.5) is 5.69 Å². The van der Waals surface area contributed by atoms with Gasteiger partial charge in [0.15, 0.2) is 0 Å². The number of esters is 1. The lowest BCUT2D eigenvalue weighted by atomic mass is 9.95. The Morgan fingerprint density at radius 2 is 1.68 bits per heavy atom. The van der Waals surface area contributed by atoms with E-state index in [0.29, 0.717) is 10.6 Å². The topological polar surface area (TPSA) is 41.9 Å². The number of rotatable bonds is 3. The van der Waals surface area contributed by atoms with Gasteiger partial charge in [-0.1, -0.05) is 0 Å². The number of nitrogens with zero attached hydrogens (tertiary/aromatic N) is 2. The third kappa shape index (κ3) is 2.61. The van der Waals surface area contributed by atoms with E-state index in [1.165, 1.54) is 40.7 Å². The lowest BCUT2D eigenvalue weighted by molar-refractivity contribution is 0.0607. The molecule has 0 unspecified atom stereocenters.